The Labute approximate surface area is 150 Å². The van der Waals surface area contributed by atoms with Crippen molar-refractivity contribution in [3.63, 3.8) is 0 Å². The number of rotatable bonds is 8. The normalized spacial score (nSPS) is 11.2. The third kappa shape index (κ3) is 4.77. The maximum Gasteiger partial charge on any atom is 0.0537 e. The van der Waals surface area contributed by atoms with Crippen LogP contribution in [0.5, 0.6) is 0 Å². The molecule has 0 radical (unpaired) electrons. The molecule has 0 saturated carbocycles. The van der Waals surface area contributed by atoms with Crippen molar-refractivity contribution in [2.24, 2.45) is 0 Å². The molecule has 0 saturated heterocycles. The number of aryl methyl sites for hydroxylation is 1. The van der Waals surface area contributed by atoms with Gasteiger partial charge in [-0.05, 0) is 43.5 Å². The number of nitrogens with zero attached hydrogens (tertiary/aromatic N) is 4. The van der Waals surface area contributed by atoms with Crippen LogP contribution >= 0.6 is 0 Å². The molecule has 0 N–H and O–H groups in total. The van der Waals surface area contributed by atoms with Crippen molar-refractivity contribution >= 4 is 0 Å². The zero-order valence-corrected chi connectivity index (χ0v) is 15.1. The van der Waals surface area contributed by atoms with Crippen LogP contribution in [-0.4, -0.2) is 26.2 Å². The Kier molecular flexibility index (Phi) is 5.96. The molecule has 0 spiro atoms. The Morgan fingerprint density at radius 2 is 1.72 bits per heavy atom. The van der Waals surface area contributed by atoms with E-state index in [1.165, 1.54) is 22.4 Å². The summed E-state index contributed by atoms with van der Waals surface area (Å²) in [7, 11) is 0. The van der Waals surface area contributed by atoms with E-state index in [4.69, 9.17) is 0 Å². The van der Waals surface area contributed by atoms with E-state index in [1.54, 1.807) is 0 Å². The van der Waals surface area contributed by atoms with Crippen LogP contribution in [0, 0.1) is 6.92 Å². The second-order valence-corrected chi connectivity index (χ2v) is 6.37. The van der Waals surface area contributed by atoms with Gasteiger partial charge >= 0.3 is 0 Å². The van der Waals surface area contributed by atoms with Crippen LogP contribution in [0.15, 0.2) is 61.1 Å². The van der Waals surface area contributed by atoms with E-state index in [9.17, 15) is 0 Å². The molecule has 0 aliphatic heterocycles. The van der Waals surface area contributed by atoms with Gasteiger partial charge in [-0.15, -0.1) is 0 Å². The van der Waals surface area contributed by atoms with Gasteiger partial charge in [-0.25, -0.2) is 0 Å². The Bertz CT molecular complexity index is 765. The van der Waals surface area contributed by atoms with E-state index in [0.29, 0.717) is 0 Å². The molecule has 4 nitrogen and oxygen atoms in total. The largest absolute Gasteiger partial charge is 0.294 e. The molecule has 25 heavy (non-hydrogen) atoms. The molecule has 0 unspecified atom stereocenters. The summed E-state index contributed by atoms with van der Waals surface area (Å²) in [6, 6.07) is 14.9. The van der Waals surface area contributed by atoms with Crippen molar-refractivity contribution in [3.05, 3.63) is 83.4 Å². The molecule has 3 rings (SSSR count). The van der Waals surface area contributed by atoms with Gasteiger partial charge in [0.1, 0.15) is 0 Å². The van der Waals surface area contributed by atoms with Crippen LogP contribution in [0.2, 0.25) is 0 Å². The third-order valence-corrected chi connectivity index (χ3v) is 4.61. The van der Waals surface area contributed by atoms with Gasteiger partial charge in [0, 0.05) is 49.8 Å². The Balaban J connectivity index is 1.72. The first-order chi connectivity index (χ1) is 12.3. The molecule has 0 atom stereocenters. The quantitative estimate of drug-likeness (QED) is 0.627. The topological polar surface area (TPSA) is 34.0 Å². The molecule has 0 aliphatic rings. The van der Waals surface area contributed by atoms with Crippen molar-refractivity contribution in [1.82, 2.24) is 19.7 Å². The minimum absolute atomic E-state index is 0.917. The molecular weight excluding hydrogens is 308 g/mol. The molecule has 4 heteroatoms. The summed E-state index contributed by atoms with van der Waals surface area (Å²) in [5, 5.41) is 4.49. The zero-order chi connectivity index (χ0) is 17.5. The lowest BCUT2D eigenvalue weighted by molar-refractivity contribution is 0.259. The smallest absolute Gasteiger partial charge is 0.0537 e. The molecule has 0 fully saturated rings. The van der Waals surface area contributed by atoms with Gasteiger partial charge in [0.05, 0.1) is 6.20 Å². The highest BCUT2D eigenvalue weighted by molar-refractivity contribution is 5.18. The minimum atomic E-state index is 0.917. The van der Waals surface area contributed by atoms with Crippen LogP contribution in [0.4, 0.5) is 0 Å². The van der Waals surface area contributed by atoms with E-state index in [1.807, 2.05) is 18.6 Å². The molecule has 3 aromatic rings. The fraction of sp³-hybridized carbons (Fsp3) is 0.333. The van der Waals surface area contributed by atoms with Gasteiger partial charge < -0.3 is 0 Å². The summed E-state index contributed by atoms with van der Waals surface area (Å²) < 4.78 is 2.07. The maximum absolute atomic E-state index is 4.49. The number of hydrogen-bond acceptors (Lipinski definition) is 3. The van der Waals surface area contributed by atoms with Crippen molar-refractivity contribution in [2.75, 3.05) is 6.54 Å². The fourth-order valence-corrected chi connectivity index (χ4v) is 3.09. The lowest BCUT2D eigenvalue weighted by atomic mass is 10.1. The Hall–Kier alpha value is -2.46. The molecule has 130 valence electrons. The number of hydrogen-bond donors (Lipinski definition) is 0. The monoisotopic (exact) mass is 334 g/mol. The lowest BCUT2D eigenvalue weighted by Gasteiger charge is -2.22. The van der Waals surface area contributed by atoms with Crippen molar-refractivity contribution in [3.8, 4) is 0 Å². The lowest BCUT2D eigenvalue weighted by Crippen LogP contribution is -2.25. The summed E-state index contributed by atoms with van der Waals surface area (Å²) in [4.78, 5) is 6.62. The Morgan fingerprint density at radius 3 is 2.40 bits per heavy atom. The van der Waals surface area contributed by atoms with E-state index in [-0.39, 0.29) is 0 Å². The molecule has 0 aliphatic carbocycles. The molecule has 0 bridgehead atoms. The molecule has 2 aromatic heterocycles. The predicted octanol–water partition coefficient (Wildman–Crippen LogP) is 3.85. The van der Waals surface area contributed by atoms with Crippen LogP contribution in [-0.2, 0) is 26.1 Å². The van der Waals surface area contributed by atoms with Crippen LogP contribution in [0.25, 0.3) is 0 Å². The van der Waals surface area contributed by atoms with Crippen LogP contribution in [0.1, 0.15) is 29.3 Å². The first-order valence-electron chi connectivity index (χ1n) is 8.92. The number of benzene rings is 1. The van der Waals surface area contributed by atoms with Crippen LogP contribution < -0.4 is 0 Å². The van der Waals surface area contributed by atoms with Gasteiger partial charge in [-0.3, -0.25) is 14.6 Å². The second-order valence-electron chi connectivity index (χ2n) is 6.37. The second kappa shape index (κ2) is 8.58. The van der Waals surface area contributed by atoms with E-state index >= 15 is 0 Å². The standard InChI is InChI=1S/C21H26N4/c1-3-25-18(2)21(15-23-25)17-24(16-20-9-12-22-13-10-20)14-11-19-7-5-4-6-8-19/h4-10,12-13,15H,3,11,14,16-17H2,1-2H3. The van der Waals surface area contributed by atoms with Crippen molar-refractivity contribution in [1.29, 1.82) is 0 Å². The average molecular weight is 334 g/mol. The SMILES string of the molecule is CCn1ncc(CN(CCc2ccccc2)Cc2ccncc2)c1C. The highest BCUT2D eigenvalue weighted by atomic mass is 15.3. The maximum atomic E-state index is 4.49. The van der Waals surface area contributed by atoms with Crippen LogP contribution in [0.3, 0.4) is 0 Å². The minimum Gasteiger partial charge on any atom is -0.294 e. The van der Waals surface area contributed by atoms with Crippen molar-refractivity contribution in [2.45, 2.75) is 39.9 Å². The van der Waals surface area contributed by atoms with E-state index in [2.05, 4.69) is 76.0 Å². The zero-order valence-electron chi connectivity index (χ0n) is 15.1. The fourth-order valence-electron chi connectivity index (χ4n) is 3.09. The predicted molar refractivity (Wildman–Crippen MR) is 101 cm³/mol. The third-order valence-electron chi connectivity index (χ3n) is 4.61. The summed E-state index contributed by atoms with van der Waals surface area (Å²) >= 11 is 0. The Morgan fingerprint density at radius 1 is 0.960 bits per heavy atom. The summed E-state index contributed by atoms with van der Waals surface area (Å²) in [6.45, 7) is 8.07. The molecule has 1 aromatic carbocycles. The first-order valence-corrected chi connectivity index (χ1v) is 8.92. The van der Waals surface area contributed by atoms with Gasteiger partial charge in [0.2, 0.25) is 0 Å². The average Bonchev–Trinajstić information content (AvgIpc) is 3.01. The van der Waals surface area contributed by atoms with E-state index in [0.717, 1.165) is 32.6 Å². The highest BCUT2D eigenvalue weighted by Crippen LogP contribution is 2.14. The van der Waals surface area contributed by atoms with Gasteiger partial charge in [-0.1, -0.05) is 30.3 Å². The van der Waals surface area contributed by atoms with Gasteiger partial charge in [-0.2, -0.15) is 5.10 Å². The summed E-state index contributed by atoms with van der Waals surface area (Å²) in [5.41, 5.74) is 5.25. The number of pyridine rings is 1. The molecular formula is C21H26N4. The first kappa shape index (κ1) is 17.4. The highest BCUT2D eigenvalue weighted by Gasteiger charge is 2.12. The molecule has 0 amide bonds. The summed E-state index contributed by atoms with van der Waals surface area (Å²) in [6.07, 6.45) is 6.80. The molecule has 2 heterocycles. The van der Waals surface area contributed by atoms with E-state index < -0.39 is 0 Å². The number of aromatic nitrogens is 3. The van der Waals surface area contributed by atoms with Gasteiger partial charge in [0.15, 0.2) is 0 Å². The van der Waals surface area contributed by atoms with Gasteiger partial charge in [0.25, 0.3) is 0 Å². The van der Waals surface area contributed by atoms with Crippen molar-refractivity contribution < 1.29 is 0 Å². The summed E-state index contributed by atoms with van der Waals surface area (Å²) in [5.74, 6) is 0.